The molecular weight excluding hydrogens is 257 g/mol. The highest BCUT2D eigenvalue weighted by atomic mass is 19.1. The van der Waals surface area contributed by atoms with E-state index < -0.39 is 11.7 Å². The fourth-order valence-electron chi connectivity index (χ4n) is 1.69. The molecule has 4 nitrogen and oxygen atoms in total. The number of nitrogens with zero attached hydrogens (tertiary/aromatic N) is 1. The number of amides is 1. The third-order valence-electron chi connectivity index (χ3n) is 2.58. The van der Waals surface area contributed by atoms with Gasteiger partial charge < -0.3 is 10.6 Å². The highest BCUT2D eigenvalue weighted by Gasteiger charge is 2.10. The average molecular weight is 273 g/mol. The van der Waals surface area contributed by atoms with Gasteiger partial charge in [0.2, 0.25) is 0 Å². The monoisotopic (exact) mass is 273 g/mol. The first kappa shape index (κ1) is 14.0. The second kappa shape index (κ2) is 6.14. The van der Waals surface area contributed by atoms with E-state index in [2.05, 4.69) is 15.6 Å². The zero-order valence-electron chi connectivity index (χ0n) is 11.4. The number of aromatic nitrogens is 1. The van der Waals surface area contributed by atoms with E-state index in [0.29, 0.717) is 5.69 Å². The lowest BCUT2D eigenvalue weighted by molar-refractivity contribution is 0.102. The molecule has 2 aromatic rings. The molecule has 2 N–H and O–H groups in total. The van der Waals surface area contributed by atoms with Crippen LogP contribution in [0.1, 0.15) is 24.2 Å². The number of anilines is 2. The van der Waals surface area contributed by atoms with Crippen molar-refractivity contribution in [2.24, 2.45) is 0 Å². The van der Waals surface area contributed by atoms with E-state index in [0.717, 1.165) is 5.82 Å². The van der Waals surface area contributed by atoms with Crippen LogP contribution in [0, 0.1) is 5.82 Å². The molecule has 0 aliphatic carbocycles. The number of benzene rings is 1. The Hall–Kier alpha value is -2.43. The summed E-state index contributed by atoms with van der Waals surface area (Å²) in [7, 11) is 0. The smallest absolute Gasteiger partial charge is 0.258 e. The van der Waals surface area contributed by atoms with Crippen molar-refractivity contribution in [3.8, 4) is 0 Å². The predicted octanol–water partition coefficient (Wildman–Crippen LogP) is 3.29. The van der Waals surface area contributed by atoms with Crippen LogP contribution in [0.3, 0.4) is 0 Å². The number of nitrogens with one attached hydrogen (secondary N) is 2. The molecule has 104 valence electrons. The fourth-order valence-corrected chi connectivity index (χ4v) is 1.69. The van der Waals surface area contributed by atoms with E-state index in [9.17, 15) is 9.18 Å². The molecule has 0 spiro atoms. The number of rotatable bonds is 4. The van der Waals surface area contributed by atoms with Gasteiger partial charge in [-0.15, -0.1) is 0 Å². The minimum absolute atomic E-state index is 0.0110. The Morgan fingerprint density at radius 1 is 1.20 bits per heavy atom. The molecule has 2 rings (SSSR count). The molecule has 20 heavy (non-hydrogen) atoms. The normalized spacial score (nSPS) is 10.4. The first-order valence-corrected chi connectivity index (χ1v) is 6.34. The van der Waals surface area contributed by atoms with Gasteiger partial charge in [-0.3, -0.25) is 4.79 Å². The number of carbonyl (C=O) groups excluding carboxylic acids is 1. The van der Waals surface area contributed by atoms with Crippen LogP contribution in [0.25, 0.3) is 0 Å². The molecule has 0 saturated heterocycles. The van der Waals surface area contributed by atoms with Gasteiger partial charge in [0, 0.05) is 6.04 Å². The van der Waals surface area contributed by atoms with Crippen molar-refractivity contribution in [3.63, 3.8) is 0 Å². The first-order chi connectivity index (χ1) is 9.56. The van der Waals surface area contributed by atoms with Crippen LogP contribution in [0.5, 0.6) is 0 Å². The molecule has 0 unspecified atom stereocenters. The largest absolute Gasteiger partial charge is 0.368 e. The lowest BCUT2D eigenvalue weighted by Gasteiger charge is -2.10. The Kier molecular flexibility index (Phi) is 4.30. The summed E-state index contributed by atoms with van der Waals surface area (Å²) < 4.78 is 13.5. The highest BCUT2D eigenvalue weighted by Crippen LogP contribution is 2.13. The molecule has 0 fully saturated rings. The van der Waals surface area contributed by atoms with Crippen molar-refractivity contribution < 1.29 is 9.18 Å². The SMILES string of the molecule is CC(C)Nc1ccc(NC(=O)c2ccccc2F)cn1. The molecule has 0 bridgehead atoms. The van der Waals surface area contributed by atoms with Gasteiger partial charge in [-0.05, 0) is 38.1 Å². The Morgan fingerprint density at radius 2 is 1.95 bits per heavy atom. The van der Waals surface area contributed by atoms with Gasteiger partial charge >= 0.3 is 0 Å². The van der Waals surface area contributed by atoms with Crippen molar-refractivity contribution in [1.82, 2.24) is 4.98 Å². The summed E-state index contributed by atoms with van der Waals surface area (Å²) in [6, 6.07) is 9.61. The minimum atomic E-state index is -0.545. The quantitative estimate of drug-likeness (QED) is 0.898. The number of pyridine rings is 1. The fraction of sp³-hybridized carbons (Fsp3) is 0.200. The summed E-state index contributed by atoms with van der Waals surface area (Å²) in [6.07, 6.45) is 1.53. The average Bonchev–Trinajstić information content (AvgIpc) is 2.41. The Morgan fingerprint density at radius 3 is 2.55 bits per heavy atom. The van der Waals surface area contributed by atoms with Crippen molar-refractivity contribution >= 4 is 17.4 Å². The Balaban J connectivity index is 2.07. The molecule has 0 aliphatic heterocycles. The van der Waals surface area contributed by atoms with Crippen LogP contribution in [0.4, 0.5) is 15.9 Å². The van der Waals surface area contributed by atoms with Crippen LogP contribution >= 0.6 is 0 Å². The number of hydrogen-bond donors (Lipinski definition) is 2. The lowest BCUT2D eigenvalue weighted by Crippen LogP contribution is -2.14. The first-order valence-electron chi connectivity index (χ1n) is 6.34. The third kappa shape index (κ3) is 3.54. The highest BCUT2D eigenvalue weighted by molar-refractivity contribution is 6.04. The summed E-state index contributed by atoms with van der Waals surface area (Å²) in [4.78, 5) is 16.1. The number of carbonyl (C=O) groups is 1. The van der Waals surface area contributed by atoms with E-state index >= 15 is 0 Å². The molecule has 1 amide bonds. The molecule has 1 aromatic heterocycles. The summed E-state index contributed by atoms with van der Waals surface area (Å²) in [5.41, 5.74) is 0.532. The standard InChI is InChI=1S/C15H16FN3O/c1-10(2)18-14-8-7-11(9-17-14)19-15(20)12-5-3-4-6-13(12)16/h3-10H,1-2H3,(H,17,18)(H,19,20). The molecule has 0 saturated carbocycles. The van der Waals surface area contributed by atoms with Crippen molar-refractivity contribution in [2.45, 2.75) is 19.9 Å². The maximum absolute atomic E-state index is 13.5. The molecule has 1 heterocycles. The number of hydrogen-bond acceptors (Lipinski definition) is 3. The van der Waals surface area contributed by atoms with Crippen molar-refractivity contribution in [2.75, 3.05) is 10.6 Å². The lowest BCUT2D eigenvalue weighted by atomic mass is 10.2. The molecule has 0 radical (unpaired) electrons. The molecule has 0 atom stereocenters. The molecule has 1 aromatic carbocycles. The topological polar surface area (TPSA) is 54.0 Å². The summed E-state index contributed by atoms with van der Waals surface area (Å²) in [5.74, 6) is -0.311. The van der Waals surface area contributed by atoms with Crippen LogP contribution < -0.4 is 10.6 Å². The zero-order chi connectivity index (χ0) is 14.5. The van der Waals surface area contributed by atoms with Gasteiger partial charge in [-0.1, -0.05) is 12.1 Å². The minimum Gasteiger partial charge on any atom is -0.368 e. The Bertz CT molecular complexity index is 596. The van der Waals surface area contributed by atoms with Gasteiger partial charge in [0.1, 0.15) is 11.6 Å². The number of halogens is 1. The van der Waals surface area contributed by atoms with Crippen LogP contribution in [-0.2, 0) is 0 Å². The van der Waals surface area contributed by atoms with Crippen molar-refractivity contribution in [1.29, 1.82) is 0 Å². The van der Waals surface area contributed by atoms with E-state index in [-0.39, 0.29) is 11.6 Å². The van der Waals surface area contributed by atoms with E-state index in [1.54, 1.807) is 24.3 Å². The Labute approximate surface area is 117 Å². The maximum Gasteiger partial charge on any atom is 0.258 e. The van der Waals surface area contributed by atoms with Gasteiger partial charge in [-0.25, -0.2) is 9.37 Å². The second-order valence-electron chi connectivity index (χ2n) is 4.67. The van der Waals surface area contributed by atoms with Crippen LogP contribution in [0.2, 0.25) is 0 Å². The maximum atomic E-state index is 13.5. The van der Waals surface area contributed by atoms with Gasteiger partial charge in [-0.2, -0.15) is 0 Å². The molecule has 5 heteroatoms. The molecule has 0 aliphatic rings. The van der Waals surface area contributed by atoms with Crippen molar-refractivity contribution in [3.05, 3.63) is 54.0 Å². The van der Waals surface area contributed by atoms with E-state index in [4.69, 9.17) is 0 Å². The van der Waals surface area contributed by atoms with Gasteiger partial charge in [0.25, 0.3) is 5.91 Å². The summed E-state index contributed by atoms with van der Waals surface area (Å²) >= 11 is 0. The van der Waals surface area contributed by atoms with E-state index in [1.165, 1.54) is 18.3 Å². The summed E-state index contributed by atoms with van der Waals surface area (Å²) in [5, 5.41) is 5.75. The summed E-state index contributed by atoms with van der Waals surface area (Å²) in [6.45, 7) is 4.02. The predicted molar refractivity (Wildman–Crippen MR) is 77.3 cm³/mol. The third-order valence-corrected chi connectivity index (χ3v) is 2.58. The van der Waals surface area contributed by atoms with Gasteiger partial charge in [0.15, 0.2) is 0 Å². The van der Waals surface area contributed by atoms with Crippen LogP contribution in [0.15, 0.2) is 42.6 Å². The van der Waals surface area contributed by atoms with Gasteiger partial charge in [0.05, 0.1) is 17.4 Å². The molecular formula is C15H16FN3O. The van der Waals surface area contributed by atoms with E-state index in [1.807, 2.05) is 13.8 Å². The van der Waals surface area contributed by atoms with Crippen LogP contribution in [-0.4, -0.2) is 16.9 Å². The second-order valence-corrected chi connectivity index (χ2v) is 4.67. The zero-order valence-corrected chi connectivity index (χ0v) is 11.4.